The van der Waals surface area contributed by atoms with Gasteiger partial charge in [0, 0.05) is 25.9 Å². The number of rotatable bonds is 6. The fourth-order valence-corrected chi connectivity index (χ4v) is 3.57. The van der Waals surface area contributed by atoms with Crippen LogP contribution in [0.3, 0.4) is 0 Å². The molecule has 3 rings (SSSR count). The van der Waals surface area contributed by atoms with E-state index in [1.54, 1.807) is 30.3 Å². The highest BCUT2D eigenvalue weighted by Crippen LogP contribution is 2.53. The molecule has 26 heavy (non-hydrogen) atoms. The Morgan fingerprint density at radius 1 is 1.15 bits per heavy atom. The van der Waals surface area contributed by atoms with E-state index in [0.29, 0.717) is 24.1 Å². The van der Waals surface area contributed by atoms with Crippen molar-refractivity contribution in [2.45, 2.75) is 50.5 Å². The zero-order chi connectivity index (χ0) is 18.8. The number of aliphatic carboxylic acids is 1. The van der Waals surface area contributed by atoms with Crippen LogP contribution in [-0.4, -0.2) is 47.1 Å². The summed E-state index contributed by atoms with van der Waals surface area (Å²) in [5.41, 5.74) is 0.810. The minimum Gasteiger partial charge on any atom is -0.480 e. The van der Waals surface area contributed by atoms with Crippen LogP contribution in [0.2, 0.25) is 0 Å². The van der Waals surface area contributed by atoms with Crippen molar-refractivity contribution in [2.24, 2.45) is 5.41 Å². The number of nitrogens with one attached hydrogen (secondary N) is 1. The van der Waals surface area contributed by atoms with E-state index >= 15 is 0 Å². The lowest BCUT2D eigenvalue weighted by molar-refractivity contribution is -0.142. The number of carbonyl (C=O) groups excluding carboxylic acids is 1. The van der Waals surface area contributed by atoms with Crippen LogP contribution in [0.1, 0.15) is 37.7 Å². The molecular weight excluding hydrogens is 342 g/mol. The highest BCUT2D eigenvalue weighted by molar-refractivity contribution is 5.82. The maximum atomic E-state index is 14.3. The van der Waals surface area contributed by atoms with Gasteiger partial charge in [-0.3, -0.25) is 0 Å². The Morgan fingerprint density at radius 2 is 1.77 bits per heavy atom. The molecule has 1 aliphatic heterocycles. The van der Waals surface area contributed by atoms with E-state index < -0.39 is 36.8 Å². The molecule has 1 aromatic carbocycles. The Labute approximate surface area is 151 Å². The molecular formula is C19H24F2N2O3. The van der Waals surface area contributed by atoms with E-state index in [2.05, 4.69) is 5.32 Å². The molecule has 5 nitrogen and oxygen atoms in total. The standard InChI is InChI=1S/C19H24F2N2O3/c20-19(21,12-14-4-2-1-3-5-14)13-15(16(24)25)22-17(26)23-10-8-18(6-7-18)9-11-23/h1-5,15H,6-13H2,(H,22,26)(H,24,25)/t15-/m0/s1. The minimum absolute atomic E-state index is 0.381. The normalized spacial score (nSPS) is 19.8. The zero-order valence-corrected chi connectivity index (χ0v) is 14.6. The Morgan fingerprint density at radius 3 is 2.31 bits per heavy atom. The summed E-state index contributed by atoms with van der Waals surface area (Å²) in [6.45, 7) is 1.11. The first-order valence-electron chi connectivity index (χ1n) is 8.99. The average molecular weight is 366 g/mol. The number of carboxylic acid groups (broad SMARTS) is 1. The Balaban J connectivity index is 1.56. The quantitative estimate of drug-likeness (QED) is 0.812. The van der Waals surface area contributed by atoms with Crippen molar-refractivity contribution in [1.29, 1.82) is 0 Å². The third-order valence-electron chi connectivity index (χ3n) is 5.47. The van der Waals surface area contributed by atoms with Gasteiger partial charge in [0.15, 0.2) is 0 Å². The predicted octanol–water partition coefficient (Wildman–Crippen LogP) is 3.29. The summed E-state index contributed by atoms with van der Waals surface area (Å²) in [6.07, 6.45) is 2.70. The summed E-state index contributed by atoms with van der Waals surface area (Å²) in [5.74, 6) is -4.67. The summed E-state index contributed by atoms with van der Waals surface area (Å²) in [7, 11) is 0. The van der Waals surface area contributed by atoms with Gasteiger partial charge in [-0.05, 0) is 36.7 Å². The molecule has 0 unspecified atom stereocenters. The number of alkyl halides is 2. The minimum atomic E-state index is -3.22. The van der Waals surface area contributed by atoms with Gasteiger partial charge in [-0.1, -0.05) is 30.3 Å². The second kappa shape index (κ2) is 7.21. The average Bonchev–Trinajstić information content (AvgIpc) is 3.34. The maximum absolute atomic E-state index is 14.3. The molecule has 0 radical (unpaired) electrons. The number of halogens is 2. The lowest BCUT2D eigenvalue weighted by Gasteiger charge is -2.33. The molecule has 1 aromatic rings. The summed E-state index contributed by atoms with van der Waals surface area (Å²) >= 11 is 0. The van der Waals surface area contributed by atoms with Crippen LogP contribution in [0.5, 0.6) is 0 Å². The summed E-state index contributed by atoms with van der Waals surface area (Å²) in [6, 6.07) is 6.01. The van der Waals surface area contributed by atoms with E-state index in [1.165, 1.54) is 17.7 Å². The van der Waals surface area contributed by atoms with Gasteiger partial charge in [-0.2, -0.15) is 0 Å². The maximum Gasteiger partial charge on any atom is 0.326 e. The number of amides is 2. The number of hydrogen-bond donors (Lipinski definition) is 2. The van der Waals surface area contributed by atoms with Gasteiger partial charge in [0.05, 0.1) is 0 Å². The van der Waals surface area contributed by atoms with Gasteiger partial charge in [-0.25, -0.2) is 18.4 Å². The number of benzene rings is 1. The topological polar surface area (TPSA) is 69.6 Å². The van der Waals surface area contributed by atoms with Crippen molar-refractivity contribution >= 4 is 12.0 Å². The second-order valence-electron chi connectivity index (χ2n) is 7.55. The Kier molecular flexibility index (Phi) is 5.16. The molecule has 1 heterocycles. The Bertz CT molecular complexity index is 652. The molecule has 2 N–H and O–H groups in total. The highest BCUT2D eigenvalue weighted by atomic mass is 19.3. The van der Waals surface area contributed by atoms with Crippen molar-refractivity contribution in [3.63, 3.8) is 0 Å². The van der Waals surface area contributed by atoms with E-state index in [-0.39, 0.29) is 0 Å². The van der Waals surface area contributed by atoms with Crippen molar-refractivity contribution < 1.29 is 23.5 Å². The molecule has 2 fully saturated rings. The van der Waals surface area contributed by atoms with E-state index in [4.69, 9.17) is 0 Å². The molecule has 2 amide bonds. The molecule has 7 heteroatoms. The molecule has 1 spiro atoms. The van der Waals surface area contributed by atoms with Crippen LogP contribution >= 0.6 is 0 Å². The third-order valence-corrected chi connectivity index (χ3v) is 5.47. The first-order chi connectivity index (χ1) is 12.3. The van der Waals surface area contributed by atoms with Crippen molar-refractivity contribution in [1.82, 2.24) is 10.2 Å². The van der Waals surface area contributed by atoms with Crippen LogP contribution < -0.4 is 5.32 Å². The number of piperidine rings is 1. The number of likely N-dealkylation sites (tertiary alicyclic amines) is 1. The Hall–Kier alpha value is -2.18. The van der Waals surface area contributed by atoms with Crippen LogP contribution in [0, 0.1) is 5.41 Å². The molecule has 0 bridgehead atoms. The number of carboxylic acids is 1. The highest BCUT2D eigenvalue weighted by Gasteiger charge is 2.45. The van der Waals surface area contributed by atoms with E-state index in [1.807, 2.05) is 0 Å². The zero-order valence-electron chi connectivity index (χ0n) is 14.6. The van der Waals surface area contributed by atoms with Crippen molar-refractivity contribution in [3.05, 3.63) is 35.9 Å². The lowest BCUT2D eigenvalue weighted by Crippen LogP contribution is -2.52. The molecule has 1 atom stereocenters. The van der Waals surface area contributed by atoms with Gasteiger partial charge in [0.1, 0.15) is 6.04 Å². The van der Waals surface area contributed by atoms with Crippen LogP contribution in [0.15, 0.2) is 30.3 Å². The van der Waals surface area contributed by atoms with Crippen molar-refractivity contribution in [2.75, 3.05) is 13.1 Å². The monoisotopic (exact) mass is 366 g/mol. The van der Waals surface area contributed by atoms with Gasteiger partial charge in [0.25, 0.3) is 5.92 Å². The van der Waals surface area contributed by atoms with Gasteiger partial charge in [0.2, 0.25) is 0 Å². The molecule has 1 saturated heterocycles. The SMILES string of the molecule is O=C(O)[C@H](CC(F)(F)Cc1ccccc1)NC(=O)N1CCC2(CC1)CC2. The number of urea groups is 1. The van der Waals surface area contributed by atoms with Crippen LogP contribution in [-0.2, 0) is 11.2 Å². The van der Waals surface area contributed by atoms with Crippen LogP contribution in [0.4, 0.5) is 13.6 Å². The number of hydrogen-bond acceptors (Lipinski definition) is 2. The lowest BCUT2D eigenvalue weighted by atomic mass is 9.94. The summed E-state index contributed by atoms with van der Waals surface area (Å²) < 4.78 is 28.6. The van der Waals surface area contributed by atoms with Crippen molar-refractivity contribution in [3.8, 4) is 0 Å². The summed E-state index contributed by atoms with van der Waals surface area (Å²) in [4.78, 5) is 25.2. The largest absolute Gasteiger partial charge is 0.480 e. The fraction of sp³-hybridized carbons (Fsp3) is 0.579. The molecule has 1 aliphatic carbocycles. The molecule has 1 saturated carbocycles. The fourth-order valence-electron chi connectivity index (χ4n) is 3.57. The molecule has 0 aromatic heterocycles. The van der Waals surface area contributed by atoms with E-state index in [0.717, 1.165) is 12.8 Å². The second-order valence-corrected chi connectivity index (χ2v) is 7.55. The van der Waals surface area contributed by atoms with Gasteiger partial charge >= 0.3 is 12.0 Å². The predicted molar refractivity (Wildman–Crippen MR) is 92.1 cm³/mol. The van der Waals surface area contributed by atoms with Gasteiger partial charge in [-0.15, -0.1) is 0 Å². The van der Waals surface area contributed by atoms with Crippen LogP contribution in [0.25, 0.3) is 0 Å². The molecule has 2 aliphatic rings. The van der Waals surface area contributed by atoms with Gasteiger partial charge < -0.3 is 15.3 Å². The molecule has 142 valence electrons. The number of nitrogens with zero attached hydrogens (tertiary/aromatic N) is 1. The smallest absolute Gasteiger partial charge is 0.326 e. The summed E-state index contributed by atoms with van der Waals surface area (Å²) in [5, 5.41) is 11.6. The first-order valence-corrected chi connectivity index (χ1v) is 8.99. The third kappa shape index (κ3) is 4.71. The van der Waals surface area contributed by atoms with E-state index in [9.17, 15) is 23.5 Å². The first kappa shape index (κ1) is 18.6. The number of carbonyl (C=O) groups is 2.